The number of nitrogens with one attached hydrogen (secondary N) is 2. The third kappa shape index (κ3) is 4.74. The van der Waals surface area contributed by atoms with Gasteiger partial charge in [-0.15, -0.1) is 0 Å². The predicted octanol–water partition coefficient (Wildman–Crippen LogP) is 3.36. The zero-order valence-electron chi connectivity index (χ0n) is 12.6. The Labute approximate surface area is 130 Å². The van der Waals surface area contributed by atoms with Gasteiger partial charge in [0.1, 0.15) is 0 Å². The van der Waals surface area contributed by atoms with E-state index in [-0.39, 0.29) is 11.8 Å². The summed E-state index contributed by atoms with van der Waals surface area (Å²) in [6.07, 6.45) is 1.27. The molecule has 0 bridgehead atoms. The highest BCUT2D eigenvalue weighted by atomic mass is 16.2. The minimum Gasteiger partial charge on any atom is -0.348 e. The van der Waals surface area contributed by atoms with Crippen LogP contribution in [0, 0.1) is 0 Å². The van der Waals surface area contributed by atoms with E-state index in [0.717, 1.165) is 12.0 Å². The molecular weight excluding hydrogens is 276 g/mol. The molecule has 2 aromatic carbocycles. The van der Waals surface area contributed by atoms with Crippen molar-refractivity contribution in [3.63, 3.8) is 0 Å². The lowest BCUT2D eigenvalue weighted by atomic mass is 10.1. The number of rotatable bonds is 6. The van der Waals surface area contributed by atoms with E-state index in [9.17, 15) is 9.59 Å². The van der Waals surface area contributed by atoms with Crippen molar-refractivity contribution in [3.8, 4) is 0 Å². The summed E-state index contributed by atoms with van der Waals surface area (Å²) in [6, 6.07) is 16.7. The van der Waals surface area contributed by atoms with Crippen molar-refractivity contribution in [2.45, 2.75) is 26.3 Å². The molecule has 0 aliphatic heterocycles. The number of carbonyl (C=O) groups is 2. The second kappa shape index (κ2) is 7.98. The fourth-order valence-electron chi connectivity index (χ4n) is 2.07. The van der Waals surface area contributed by atoms with E-state index < -0.39 is 0 Å². The summed E-state index contributed by atoms with van der Waals surface area (Å²) in [5.74, 6) is -0.195. The standard InChI is InChI=1S/C18H20N2O2/c1-2-7-17(21)20-16-11-6-10-15(12-16)18(22)19-13-14-8-4-3-5-9-14/h3-6,8-12H,2,7,13H2,1H3,(H,19,22)(H,20,21). The number of anilines is 1. The van der Waals surface area contributed by atoms with Crippen molar-refractivity contribution in [2.75, 3.05) is 5.32 Å². The average Bonchev–Trinajstić information content (AvgIpc) is 2.54. The Bertz CT molecular complexity index is 639. The van der Waals surface area contributed by atoms with Gasteiger partial charge in [0.05, 0.1) is 0 Å². The molecular formula is C18H20N2O2. The Morgan fingerprint density at radius 1 is 1.00 bits per heavy atom. The third-order valence-electron chi connectivity index (χ3n) is 3.18. The van der Waals surface area contributed by atoms with Gasteiger partial charge in [0.25, 0.3) is 5.91 Å². The number of carbonyl (C=O) groups excluding carboxylic acids is 2. The molecule has 22 heavy (non-hydrogen) atoms. The van der Waals surface area contributed by atoms with Gasteiger partial charge in [-0.3, -0.25) is 9.59 Å². The summed E-state index contributed by atoms with van der Waals surface area (Å²) in [7, 11) is 0. The van der Waals surface area contributed by atoms with E-state index >= 15 is 0 Å². The van der Waals surface area contributed by atoms with Crippen molar-refractivity contribution >= 4 is 17.5 Å². The third-order valence-corrected chi connectivity index (χ3v) is 3.18. The van der Waals surface area contributed by atoms with Gasteiger partial charge in [-0.1, -0.05) is 43.3 Å². The predicted molar refractivity (Wildman–Crippen MR) is 87.6 cm³/mol. The zero-order valence-corrected chi connectivity index (χ0v) is 12.6. The maximum Gasteiger partial charge on any atom is 0.251 e. The Balaban J connectivity index is 1.96. The number of benzene rings is 2. The molecule has 2 amide bonds. The molecule has 4 heteroatoms. The summed E-state index contributed by atoms with van der Waals surface area (Å²) in [5, 5.41) is 5.66. The van der Waals surface area contributed by atoms with Crippen molar-refractivity contribution in [2.24, 2.45) is 0 Å². The molecule has 114 valence electrons. The molecule has 0 radical (unpaired) electrons. The number of amides is 2. The molecule has 0 heterocycles. The molecule has 0 saturated heterocycles. The van der Waals surface area contributed by atoms with Gasteiger partial charge in [0, 0.05) is 24.2 Å². The smallest absolute Gasteiger partial charge is 0.251 e. The van der Waals surface area contributed by atoms with Crippen molar-refractivity contribution in [1.82, 2.24) is 5.32 Å². The second-order valence-electron chi connectivity index (χ2n) is 5.05. The Kier molecular flexibility index (Phi) is 5.72. The molecule has 0 spiro atoms. The number of hydrogen-bond acceptors (Lipinski definition) is 2. The molecule has 0 fully saturated rings. The molecule has 0 atom stereocenters. The molecule has 0 aromatic heterocycles. The van der Waals surface area contributed by atoms with E-state index in [0.29, 0.717) is 24.2 Å². The van der Waals surface area contributed by atoms with Crippen LogP contribution in [0.1, 0.15) is 35.7 Å². The van der Waals surface area contributed by atoms with Crippen LogP contribution in [0.25, 0.3) is 0 Å². The second-order valence-corrected chi connectivity index (χ2v) is 5.05. The highest BCUT2D eigenvalue weighted by molar-refractivity contribution is 5.97. The van der Waals surface area contributed by atoms with Gasteiger partial charge in [-0.05, 0) is 30.2 Å². The van der Waals surface area contributed by atoms with E-state index in [2.05, 4.69) is 10.6 Å². The lowest BCUT2D eigenvalue weighted by Crippen LogP contribution is -2.23. The van der Waals surface area contributed by atoms with E-state index in [1.807, 2.05) is 37.3 Å². The maximum atomic E-state index is 12.2. The Hall–Kier alpha value is -2.62. The van der Waals surface area contributed by atoms with Crippen LogP contribution in [0.5, 0.6) is 0 Å². The molecule has 2 aromatic rings. The highest BCUT2D eigenvalue weighted by Crippen LogP contribution is 2.11. The van der Waals surface area contributed by atoms with E-state index in [4.69, 9.17) is 0 Å². The molecule has 0 unspecified atom stereocenters. The summed E-state index contributed by atoms with van der Waals surface area (Å²) < 4.78 is 0. The maximum absolute atomic E-state index is 12.2. The lowest BCUT2D eigenvalue weighted by Gasteiger charge is -2.08. The largest absolute Gasteiger partial charge is 0.348 e. The minimum absolute atomic E-state index is 0.0376. The molecule has 0 saturated carbocycles. The first-order valence-electron chi connectivity index (χ1n) is 7.41. The zero-order chi connectivity index (χ0) is 15.8. The van der Waals surface area contributed by atoms with Crippen LogP contribution in [-0.2, 0) is 11.3 Å². The quantitative estimate of drug-likeness (QED) is 0.858. The van der Waals surface area contributed by atoms with Crippen LogP contribution in [0.3, 0.4) is 0 Å². The monoisotopic (exact) mass is 296 g/mol. The minimum atomic E-state index is -0.157. The first-order chi connectivity index (χ1) is 10.7. The summed E-state index contributed by atoms with van der Waals surface area (Å²) in [6.45, 7) is 2.43. The first kappa shape index (κ1) is 15.8. The van der Waals surface area contributed by atoms with E-state index in [1.165, 1.54) is 0 Å². The number of hydrogen-bond donors (Lipinski definition) is 2. The normalized spacial score (nSPS) is 10.0. The average molecular weight is 296 g/mol. The van der Waals surface area contributed by atoms with Gasteiger partial charge in [0.2, 0.25) is 5.91 Å². The Morgan fingerprint density at radius 2 is 1.77 bits per heavy atom. The summed E-state index contributed by atoms with van der Waals surface area (Å²) in [4.78, 5) is 23.8. The topological polar surface area (TPSA) is 58.2 Å². The molecule has 4 nitrogen and oxygen atoms in total. The molecule has 2 N–H and O–H groups in total. The summed E-state index contributed by atoms with van der Waals surface area (Å²) in [5.41, 5.74) is 2.22. The fourth-order valence-corrected chi connectivity index (χ4v) is 2.07. The van der Waals surface area contributed by atoms with Crippen molar-refractivity contribution in [1.29, 1.82) is 0 Å². The molecule has 2 rings (SSSR count). The Morgan fingerprint density at radius 3 is 2.50 bits per heavy atom. The van der Waals surface area contributed by atoms with Gasteiger partial charge < -0.3 is 10.6 Å². The van der Waals surface area contributed by atoms with Crippen LogP contribution in [-0.4, -0.2) is 11.8 Å². The van der Waals surface area contributed by atoms with Crippen LogP contribution in [0.2, 0.25) is 0 Å². The van der Waals surface area contributed by atoms with Crippen molar-refractivity contribution < 1.29 is 9.59 Å². The van der Waals surface area contributed by atoms with Crippen LogP contribution in [0.15, 0.2) is 54.6 Å². The van der Waals surface area contributed by atoms with Gasteiger partial charge in [-0.25, -0.2) is 0 Å². The van der Waals surface area contributed by atoms with Gasteiger partial charge >= 0.3 is 0 Å². The van der Waals surface area contributed by atoms with Crippen LogP contribution >= 0.6 is 0 Å². The molecule has 0 aliphatic carbocycles. The van der Waals surface area contributed by atoms with E-state index in [1.54, 1.807) is 24.3 Å². The van der Waals surface area contributed by atoms with Crippen molar-refractivity contribution in [3.05, 3.63) is 65.7 Å². The van der Waals surface area contributed by atoms with Crippen LogP contribution in [0.4, 0.5) is 5.69 Å². The molecule has 0 aliphatic rings. The summed E-state index contributed by atoms with van der Waals surface area (Å²) >= 11 is 0. The van der Waals surface area contributed by atoms with Gasteiger partial charge in [-0.2, -0.15) is 0 Å². The highest BCUT2D eigenvalue weighted by Gasteiger charge is 2.07. The lowest BCUT2D eigenvalue weighted by molar-refractivity contribution is -0.116. The SMILES string of the molecule is CCCC(=O)Nc1cccc(C(=O)NCc2ccccc2)c1. The fraction of sp³-hybridized carbons (Fsp3) is 0.222. The first-order valence-corrected chi connectivity index (χ1v) is 7.41. The van der Waals surface area contributed by atoms with Crippen LogP contribution < -0.4 is 10.6 Å². The van der Waals surface area contributed by atoms with Gasteiger partial charge in [0.15, 0.2) is 0 Å².